The molecule has 0 bridgehead atoms. The third-order valence-electron chi connectivity index (χ3n) is 4.45. The molecular weight excluding hydrogens is 228 g/mol. The van der Waals surface area contributed by atoms with Crippen molar-refractivity contribution in [2.24, 2.45) is 5.92 Å². The average Bonchev–Trinajstić information content (AvgIpc) is 3.27. The largest absolute Gasteiger partial charge is 0.465 e. The lowest BCUT2D eigenvalue weighted by molar-refractivity contribution is -0.150. The van der Waals surface area contributed by atoms with Crippen LogP contribution in [-0.4, -0.2) is 48.7 Å². The Labute approximate surface area is 109 Å². The molecule has 0 spiro atoms. The number of ether oxygens (including phenoxy) is 1. The van der Waals surface area contributed by atoms with E-state index in [2.05, 4.69) is 10.2 Å². The molecule has 1 heterocycles. The first-order valence-electron chi connectivity index (χ1n) is 7.40. The van der Waals surface area contributed by atoms with Crippen LogP contribution in [0.3, 0.4) is 0 Å². The van der Waals surface area contributed by atoms with Crippen LogP contribution in [0.15, 0.2) is 0 Å². The van der Waals surface area contributed by atoms with Gasteiger partial charge in [-0.25, -0.2) is 4.79 Å². The molecule has 18 heavy (non-hydrogen) atoms. The maximum absolute atomic E-state index is 12.3. The van der Waals surface area contributed by atoms with Crippen molar-refractivity contribution in [2.75, 3.05) is 26.2 Å². The molecule has 1 N–H and O–H groups in total. The molecule has 2 saturated carbocycles. The van der Waals surface area contributed by atoms with Gasteiger partial charge in [-0.1, -0.05) is 0 Å². The number of esters is 1. The Morgan fingerprint density at radius 2 is 2.17 bits per heavy atom. The summed E-state index contributed by atoms with van der Waals surface area (Å²) in [4.78, 5) is 14.7. The van der Waals surface area contributed by atoms with Crippen LogP contribution in [0.4, 0.5) is 0 Å². The van der Waals surface area contributed by atoms with Crippen molar-refractivity contribution in [3.8, 4) is 0 Å². The Morgan fingerprint density at radius 3 is 2.78 bits per heavy atom. The van der Waals surface area contributed by atoms with Crippen molar-refractivity contribution >= 4 is 5.97 Å². The fourth-order valence-corrected chi connectivity index (χ4v) is 2.90. The van der Waals surface area contributed by atoms with E-state index in [-0.39, 0.29) is 5.97 Å². The molecule has 1 atom stereocenters. The first-order valence-corrected chi connectivity index (χ1v) is 7.40. The first kappa shape index (κ1) is 12.4. The Bertz CT molecular complexity index is 326. The summed E-state index contributed by atoms with van der Waals surface area (Å²) in [5, 5.41) is 3.54. The van der Waals surface area contributed by atoms with Gasteiger partial charge >= 0.3 is 5.97 Å². The molecule has 0 radical (unpaired) electrons. The van der Waals surface area contributed by atoms with Crippen molar-refractivity contribution in [3.05, 3.63) is 0 Å². The topological polar surface area (TPSA) is 41.6 Å². The van der Waals surface area contributed by atoms with E-state index in [1.165, 1.54) is 25.7 Å². The smallest absolute Gasteiger partial charge is 0.327 e. The van der Waals surface area contributed by atoms with Gasteiger partial charge in [0.25, 0.3) is 0 Å². The summed E-state index contributed by atoms with van der Waals surface area (Å²) in [5.41, 5.74) is -0.415. The van der Waals surface area contributed by atoms with E-state index >= 15 is 0 Å². The zero-order valence-corrected chi connectivity index (χ0v) is 11.3. The van der Waals surface area contributed by atoms with Crippen LogP contribution < -0.4 is 5.32 Å². The Hall–Kier alpha value is -0.610. The lowest BCUT2D eigenvalue weighted by atomic mass is 9.98. The average molecular weight is 252 g/mol. The summed E-state index contributed by atoms with van der Waals surface area (Å²) in [5.74, 6) is 0.764. The maximum Gasteiger partial charge on any atom is 0.327 e. The highest BCUT2D eigenvalue weighted by Crippen LogP contribution is 2.35. The predicted molar refractivity (Wildman–Crippen MR) is 69.3 cm³/mol. The molecule has 1 saturated heterocycles. The highest BCUT2D eigenvalue weighted by molar-refractivity contribution is 5.81. The summed E-state index contributed by atoms with van der Waals surface area (Å²) in [6.07, 6.45) is 6.16. The van der Waals surface area contributed by atoms with Crippen LogP contribution in [0.25, 0.3) is 0 Å². The standard InChI is InChI=1S/C14H24N2O2/c1-2-18-13(17)14(15-9-11-3-4-11)7-8-16(10-14)12-5-6-12/h11-12,15H,2-10H2,1H3. The fourth-order valence-electron chi connectivity index (χ4n) is 2.90. The number of hydrogen-bond donors (Lipinski definition) is 1. The molecular formula is C14H24N2O2. The summed E-state index contributed by atoms with van der Waals surface area (Å²) < 4.78 is 5.30. The normalized spacial score (nSPS) is 32.7. The predicted octanol–water partition coefficient (Wildman–Crippen LogP) is 1.16. The first-order chi connectivity index (χ1) is 8.73. The SMILES string of the molecule is CCOC(=O)C1(NCC2CC2)CCN(C2CC2)C1. The Balaban J connectivity index is 1.63. The number of likely N-dealkylation sites (tertiary alicyclic amines) is 1. The Kier molecular flexibility index (Phi) is 3.32. The third-order valence-corrected chi connectivity index (χ3v) is 4.45. The van der Waals surface area contributed by atoms with Gasteiger partial charge in [-0.15, -0.1) is 0 Å². The van der Waals surface area contributed by atoms with Gasteiger partial charge in [0, 0.05) is 19.1 Å². The van der Waals surface area contributed by atoms with Gasteiger partial charge in [0.2, 0.25) is 0 Å². The summed E-state index contributed by atoms with van der Waals surface area (Å²) in [7, 11) is 0. The van der Waals surface area contributed by atoms with Crippen LogP contribution in [0.2, 0.25) is 0 Å². The molecule has 102 valence electrons. The summed E-state index contributed by atoms with van der Waals surface area (Å²) in [6, 6.07) is 0.740. The number of carbonyl (C=O) groups is 1. The highest BCUT2D eigenvalue weighted by Gasteiger charge is 2.49. The van der Waals surface area contributed by atoms with E-state index < -0.39 is 5.54 Å². The lowest BCUT2D eigenvalue weighted by Gasteiger charge is -2.28. The van der Waals surface area contributed by atoms with Crippen molar-refractivity contribution < 1.29 is 9.53 Å². The summed E-state index contributed by atoms with van der Waals surface area (Å²) >= 11 is 0. The molecule has 4 nitrogen and oxygen atoms in total. The minimum atomic E-state index is -0.415. The molecule has 3 fully saturated rings. The van der Waals surface area contributed by atoms with Crippen LogP contribution >= 0.6 is 0 Å². The minimum Gasteiger partial charge on any atom is -0.465 e. The van der Waals surface area contributed by atoms with E-state index in [1.54, 1.807) is 0 Å². The molecule has 2 aliphatic carbocycles. The number of nitrogens with zero attached hydrogens (tertiary/aromatic N) is 1. The lowest BCUT2D eigenvalue weighted by Crippen LogP contribution is -2.55. The van der Waals surface area contributed by atoms with E-state index in [4.69, 9.17) is 4.74 Å². The molecule has 0 aromatic rings. The van der Waals surface area contributed by atoms with Crippen LogP contribution in [0, 0.1) is 5.92 Å². The molecule has 0 aromatic heterocycles. The monoisotopic (exact) mass is 252 g/mol. The Morgan fingerprint density at radius 1 is 1.39 bits per heavy atom. The molecule has 0 aromatic carbocycles. The molecule has 1 aliphatic heterocycles. The van der Waals surface area contributed by atoms with Gasteiger partial charge in [-0.05, 0) is 51.5 Å². The highest BCUT2D eigenvalue weighted by atomic mass is 16.5. The zero-order chi connectivity index (χ0) is 12.6. The van der Waals surface area contributed by atoms with Crippen LogP contribution in [0.1, 0.15) is 39.0 Å². The van der Waals surface area contributed by atoms with Crippen LogP contribution in [0.5, 0.6) is 0 Å². The van der Waals surface area contributed by atoms with Crippen molar-refractivity contribution in [1.82, 2.24) is 10.2 Å². The van der Waals surface area contributed by atoms with Crippen molar-refractivity contribution in [2.45, 2.75) is 50.6 Å². The van der Waals surface area contributed by atoms with Crippen LogP contribution in [-0.2, 0) is 9.53 Å². The third kappa shape index (κ3) is 2.54. The van der Waals surface area contributed by atoms with E-state index in [1.807, 2.05) is 6.92 Å². The zero-order valence-electron chi connectivity index (χ0n) is 11.3. The van der Waals surface area contributed by atoms with E-state index in [0.29, 0.717) is 6.61 Å². The fraction of sp³-hybridized carbons (Fsp3) is 0.929. The molecule has 0 amide bonds. The molecule has 3 aliphatic rings. The second-order valence-corrected chi connectivity index (χ2v) is 6.08. The van der Waals surface area contributed by atoms with Gasteiger partial charge in [0.1, 0.15) is 5.54 Å². The number of hydrogen-bond acceptors (Lipinski definition) is 4. The molecule has 1 unspecified atom stereocenters. The molecule has 3 rings (SSSR count). The van der Waals surface area contributed by atoms with Gasteiger partial charge < -0.3 is 10.1 Å². The van der Waals surface area contributed by atoms with Gasteiger partial charge in [0.05, 0.1) is 6.61 Å². The summed E-state index contributed by atoms with van der Waals surface area (Å²) in [6.45, 7) is 5.25. The number of carbonyl (C=O) groups excluding carboxylic acids is 1. The van der Waals surface area contributed by atoms with Crippen molar-refractivity contribution in [1.29, 1.82) is 0 Å². The minimum absolute atomic E-state index is 0.0335. The van der Waals surface area contributed by atoms with Crippen molar-refractivity contribution in [3.63, 3.8) is 0 Å². The van der Waals surface area contributed by atoms with E-state index in [0.717, 1.165) is 38.0 Å². The quantitative estimate of drug-likeness (QED) is 0.720. The van der Waals surface area contributed by atoms with E-state index in [9.17, 15) is 4.79 Å². The molecule has 4 heteroatoms. The second-order valence-electron chi connectivity index (χ2n) is 6.08. The van der Waals surface area contributed by atoms with Gasteiger partial charge in [0.15, 0.2) is 0 Å². The second kappa shape index (κ2) is 4.82. The maximum atomic E-state index is 12.3. The number of rotatable bonds is 6. The van der Waals surface area contributed by atoms with Gasteiger partial charge in [-0.2, -0.15) is 0 Å². The van der Waals surface area contributed by atoms with Gasteiger partial charge in [-0.3, -0.25) is 4.90 Å². The number of nitrogens with one attached hydrogen (secondary N) is 1.